The van der Waals surface area contributed by atoms with Crippen molar-refractivity contribution in [1.82, 2.24) is 0 Å². The standard InChI is InChI=1S/C32H40N4O7/c1-31(2,38)24-15-21-22(42-24)16-23-26(28(21)41-19-5-3-4-6-19)27(37)25-20(17-7-9-18(36-40)10-8-17)11-12-32(39,29(25)43-23)13-14-35-30(33)34/h7-10,16,19-20,24,36,38-40H,3-6,11-15H2,1-2H3,(H4,33,34,35)/t20-,24-,32+/m1/s1. The SMILES string of the molecule is CC(C)(O)[C@H]1Cc2c(cc3oc4c(c(=O)c3c2OC2CCCC2)[C@@H](c2ccc(NO)cc2)CC[C@]4(O)CCN=C(N)N)O1. The second-order valence-electron chi connectivity index (χ2n) is 12.6. The first-order valence-electron chi connectivity index (χ1n) is 15.0. The Bertz CT molecular complexity index is 1600. The van der Waals surface area contributed by atoms with Crippen LogP contribution < -0.4 is 31.8 Å². The molecule has 1 aromatic heterocycles. The summed E-state index contributed by atoms with van der Waals surface area (Å²) in [6.07, 6.45) is 4.62. The summed E-state index contributed by atoms with van der Waals surface area (Å²) in [7, 11) is 0. The predicted molar refractivity (Wildman–Crippen MR) is 162 cm³/mol. The molecule has 6 rings (SSSR count). The average Bonchev–Trinajstić information content (AvgIpc) is 3.64. The van der Waals surface area contributed by atoms with Gasteiger partial charge in [0, 0.05) is 42.5 Å². The summed E-state index contributed by atoms with van der Waals surface area (Å²) < 4.78 is 19.4. The molecule has 2 aliphatic carbocycles. The number of benzene rings is 2. The Hall–Kier alpha value is -3.80. The number of hydrogen-bond donors (Lipinski definition) is 6. The van der Waals surface area contributed by atoms with Crippen molar-refractivity contribution in [2.45, 2.75) is 94.5 Å². The van der Waals surface area contributed by atoms with E-state index in [0.717, 1.165) is 36.8 Å². The fourth-order valence-electron chi connectivity index (χ4n) is 6.76. The second-order valence-corrected chi connectivity index (χ2v) is 12.6. The van der Waals surface area contributed by atoms with Crippen molar-refractivity contribution >= 4 is 22.6 Å². The maximum absolute atomic E-state index is 14.8. The summed E-state index contributed by atoms with van der Waals surface area (Å²) in [6.45, 7) is 3.54. The molecule has 0 unspecified atom stereocenters. The van der Waals surface area contributed by atoms with Crippen molar-refractivity contribution < 1.29 is 29.3 Å². The third-order valence-corrected chi connectivity index (χ3v) is 9.15. The zero-order valence-corrected chi connectivity index (χ0v) is 24.6. The van der Waals surface area contributed by atoms with Crippen LogP contribution in [0.1, 0.15) is 87.2 Å². The number of aliphatic hydroxyl groups is 2. The van der Waals surface area contributed by atoms with Crippen LogP contribution in [0.5, 0.6) is 11.5 Å². The Morgan fingerprint density at radius 1 is 1.19 bits per heavy atom. The number of hydrogen-bond acceptors (Lipinski definition) is 9. The van der Waals surface area contributed by atoms with Gasteiger partial charge < -0.3 is 35.6 Å². The first kappa shape index (κ1) is 29.3. The highest BCUT2D eigenvalue weighted by molar-refractivity contribution is 5.89. The zero-order valence-electron chi connectivity index (χ0n) is 24.6. The lowest BCUT2D eigenvalue weighted by Gasteiger charge is -2.36. The summed E-state index contributed by atoms with van der Waals surface area (Å²) in [4.78, 5) is 18.8. The van der Waals surface area contributed by atoms with Gasteiger partial charge in [0.2, 0.25) is 5.43 Å². The van der Waals surface area contributed by atoms with E-state index in [4.69, 9.17) is 25.4 Å². The van der Waals surface area contributed by atoms with E-state index in [1.165, 1.54) is 0 Å². The molecule has 0 bridgehead atoms. The van der Waals surface area contributed by atoms with E-state index in [-0.39, 0.29) is 47.7 Å². The minimum Gasteiger partial charge on any atom is -0.489 e. The van der Waals surface area contributed by atoms with Crippen LogP contribution in [-0.4, -0.2) is 45.7 Å². The molecular formula is C32H40N4O7. The lowest BCUT2D eigenvalue weighted by Crippen LogP contribution is -2.39. The summed E-state index contributed by atoms with van der Waals surface area (Å²) >= 11 is 0. The topological polar surface area (TPSA) is 186 Å². The summed E-state index contributed by atoms with van der Waals surface area (Å²) in [5.41, 5.74) is 13.1. The molecule has 8 N–H and O–H groups in total. The minimum absolute atomic E-state index is 0.0443. The number of guanidine groups is 1. The number of nitrogens with zero attached hydrogens (tertiary/aromatic N) is 1. The van der Waals surface area contributed by atoms with Gasteiger partial charge in [-0.3, -0.25) is 20.5 Å². The average molecular weight is 593 g/mol. The van der Waals surface area contributed by atoms with Crippen LogP contribution in [0.3, 0.4) is 0 Å². The van der Waals surface area contributed by atoms with Gasteiger partial charge in [-0.2, -0.15) is 0 Å². The van der Waals surface area contributed by atoms with Crippen molar-refractivity contribution in [2.75, 3.05) is 12.0 Å². The number of anilines is 1. The molecule has 11 heteroatoms. The Labute approximate surface area is 249 Å². The molecule has 1 fully saturated rings. The smallest absolute Gasteiger partial charge is 0.200 e. The van der Waals surface area contributed by atoms with Gasteiger partial charge in [0.1, 0.15) is 39.9 Å². The number of ether oxygens (including phenoxy) is 2. The first-order chi connectivity index (χ1) is 20.5. The van der Waals surface area contributed by atoms with Crippen LogP contribution in [0, 0.1) is 0 Å². The fourth-order valence-corrected chi connectivity index (χ4v) is 6.76. The summed E-state index contributed by atoms with van der Waals surface area (Å²) in [5, 5.41) is 32.4. The second kappa shape index (κ2) is 11.0. The normalized spacial score (nSPS) is 23.5. The molecular weight excluding hydrogens is 552 g/mol. The third-order valence-electron chi connectivity index (χ3n) is 9.15. The molecule has 2 aromatic carbocycles. The first-order valence-corrected chi connectivity index (χ1v) is 15.0. The van der Waals surface area contributed by atoms with Crippen molar-refractivity contribution in [1.29, 1.82) is 0 Å². The van der Waals surface area contributed by atoms with Gasteiger partial charge in [-0.05, 0) is 70.1 Å². The summed E-state index contributed by atoms with van der Waals surface area (Å²) in [6, 6.07) is 8.84. The number of nitrogens with one attached hydrogen (secondary N) is 1. The van der Waals surface area contributed by atoms with Crippen LogP contribution in [0.25, 0.3) is 11.0 Å². The minimum atomic E-state index is -1.49. The lowest BCUT2D eigenvalue weighted by atomic mass is 9.73. The van der Waals surface area contributed by atoms with Crippen LogP contribution in [0.2, 0.25) is 0 Å². The Kier molecular flexibility index (Phi) is 7.52. The zero-order chi connectivity index (χ0) is 30.5. The number of nitrogens with two attached hydrogens (primary N) is 2. The van der Waals surface area contributed by atoms with Gasteiger partial charge in [0.15, 0.2) is 5.96 Å². The molecule has 1 aliphatic heterocycles. The van der Waals surface area contributed by atoms with Crippen LogP contribution in [-0.2, 0) is 12.0 Å². The number of fused-ring (bicyclic) bond motifs is 3. The molecule has 0 saturated heterocycles. The van der Waals surface area contributed by atoms with E-state index in [0.29, 0.717) is 47.4 Å². The number of aliphatic imine (C=N–C) groups is 1. The molecule has 43 heavy (non-hydrogen) atoms. The van der Waals surface area contributed by atoms with E-state index < -0.39 is 17.3 Å². The van der Waals surface area contributed by atoms with Crippen LogP contribution in [0.4, 0.5) is 5.69 Å². The maximum Gasteiger partial charge on any atom is 0.200 e. The summed E-state index contributed by atoms with van der Waals surface area (Å²) in [5.74, 6) is 0.660. The van der Waals surface area contributed by atoms with Crippen molar-refractivity contribution in [3.63, 3.8) is 0 Å². The molecule has 230 valence electrons. The highest BCUT2D eigenvalue weighted by Crippen LogP contribution is 2.49. The molecule has 2 heterocycles. The van der Waals surface area contributed by atoms with Gasteiger partial charge in [-0.25, -0.2) is 0 Å². The van der Waals surface area contributed by atoms with Crippen molar-refractivity contribution in [2.24, 2.45) is 16.5 Å². The predicted octanol–water partition coefficient (Wildman–Crippen LogP) is 3.77. The lowest BCUT2D eigenvalue weighted by molar-refractivity contribution is -0.0230. The van der Waals surface area contributed by atoms with Gasteiger partial charge >= 0.3 is 0 Å². The molecule has 3 aromatic rings. The number of rotatable bonds is 8. The Morgan fingerprint density at radius 3 is 2.56 bits per heavy atom. The van der Waals surface area contributed by atoms with Gasteiger partial charge in [-0.1, -0.05) is 12.1 Å². The monoisotopic (exact) mass is 592 g/mol. The maximum atomic E-state index is 14.8. The third kappa shape index (κ3) is 5.41. The van der Waals surface area contributed by atoms with Gasteiger partial charge in [0.05, 0.1) is 17.4 Å². The van der Waals surface area contributed by atoms with Crippen molar-refractivity contribution in [3.8, 4) is 11.5 Å². The van der Waals surface area contributed by atoms with E-state index in [1.807, 2.05) is 12.1 Å². The Balaban J connectivity index is 1.58. The Morgan fingerprint density at radius 2 is 1.91 bits per heavy atom. The molecule has 3 atom stereocenters. The fraction of sp³-hybridized carbons (Fsp3) is 0.500. The quantitative estimate of drug-likeness (QED) is 0.128. The molecule has 0 radical (unpaired) electrons. The van der Waals surface area contributed by atoms with Gasteiger partial charge in [-0.15, -0.1) is 0 Å². The van der Waals surface area contributed by atoms with E-state index in [1.54, 1.807) is 32.0 Å². The van der Waals surface area contributed by atoms with E-state index in [2.05, 4.69) is 10.5 Å². The van der Waals surface area contributed by atoms with E-state index in [9.17, 15) is 20.2 Å². The van der Waals surface area contributed by atoms with Gasteiger partial charge in [0.25, 0.3) is 0 Å². The van der Waals surface area contributed by atoms with E-state index >= 15 is 0 Å². The highest BCUT2D eigenvalue weighted by atomic mass is 16.5. The molecule has 11 nitrogen and oxygen atoms in total. The molecule has 1 saturated carbocycles. The highest BCUT2D eigenvalue weighted by Gasteiger charge is 2.45. The molecule has 3 aliphatic rings. The molecule has 0 amide bonds. The molecule has 0 spiro atoms. The largest absolute Gasteiger partial charge is 0.489 e. The van der Waals surface area contributed by atoms with Crippen LogP contribution in [0.15, 0.2) is 44.5 Å². The van der Waals surface area contributed by atoms with Crippen molar-refractivity contribution in [3.05, 3.63) is 63.0 Å². The van der Waals surface area contributed by atoms with Crippen LogP contribution >= 0.6 is 0 Å².